The fraction of sp³-hybridized carbons (Fsp3) is 0.186. The molecule has 1 aliphatic carbocycles. The SMILES string of the molecule is C=C(C)C(=O)OC1(C2CCCCC2)c2ccccc2S(=O)c2ccccc21.C=C(C)C(=O)OC1(Cc2ccccc2)c2ccccc2S(=O)c2ccccc21.C=C(C)C(=O)OC1(c2ccccc2)c2ccccc2S(=O)c2ccccc21. The molecule has 9 nitrogen and oxygen atoms in total. The molecule has 8 aromatic carbocycles. The first-order valence-corrected chi connectivity index (χ1v) is 30.7. The first-order chi connectivity index (χ1) is 39.6. The summed E-state index contributed by atoms with van der Waals surface area (Å²) in [4.78, 5) is 42.3. The second kappa shape index (κ2) is 24.1. The van der Waals surface area contributed by atoms with E-state index in [4.69, 9.17) is 14.2 Å². The maximum atomic E-state index is 13.3. The van der Waals surface area contributed by atoms with Crippen molar-refractivity contribution in [1.29, 1.82) is 0 Å². The van der Waals surface area contributed by atoms with Gasteiger partial charge in [-0.1, -0.05) is 209 Å². The third-order valence-corrected chi connectivity index (χ3v) is 20.0. The highest BCUT2D eigenvalue weighted by Gasteiger charge is 2.53. The average molecular weight is 1140 g/mol. The summed E-state index contributed by atoms with van der Waals surface area (Å²) >= 11 is 0. The highest BCUT2D eigenvalue weighted by molar-refractivity contribution is 7.86. The third kappa shape index (κ3) is 10.4. The van der Waals surface area contributed by atoms with Crippen LogP contribution in [0.2, 0.25) is 0 Å². The number of benzene rings is 8. The summed E-state index contributed by atoms with van der Waals surface area (Å²) in [5.74, 6) is -1.18. The lowest BCUT2D eigenvalue weighted by Gasteiger charge is -2.46. The van der Waals surface area contributed by atoms with E-state index in [1.165, 1.54) is 6.42 Å². The molecule has 12 rings (SSSR count). The Hall–Kier alpha value is -8.16. The summed E-state index contributed by atoms with van der Waals surface area (Å²) in [5, 5.41) is 0. The Kier molecular flexibility index (Phi) is 16.8. The van der Waals surface area contributed by atoms with Crippen molar-refractivity contribution in [2.24, 2.45) is 5.92 Å². The number of rotatable bonds is 10. The van der Waals surface area contributed by atoms with Crippen LogP contribution in [-0.2, 0) is 84.2 Å². The van der Waals surface area contributed by atoms with E-state index in [9.17, 15) is 27.0 Å². The molecule has 3 aliphatic heterocycles. The first-order valence-electron chi connectivity index (χ1n) is 27.2. The van der Waals surface area contributed by atoms with Crippen LogP contribution in [0, 0.1) is 5.92 Å². The van der Waals surface area contributed by atoms with Gasteiger partial charge in [-0.3, -0.25) is 0 Å². The topological polar surface area (TPSA) is 130 Å². The molecule has 414 valence electrons. The molecule has 82 heavy (non-hydrogen) atoms. The van der Waals surface area contributed by atoms with E-state index in [0.717, 1.165) is 68.9 Å². The van der Waals surface area contributed by atoms with Crippen molar-refractivity contribution in [3.8, 4) is 0 Å². The zero-order valence-electron chi connectivity index (χ0n) is 46.0. The molecular weight excluding hydrogens is 1080 g/mol. The largest absolute Gasteiger partial charge is 0.445 e. The standard InChI is InChI=1S/C24H20O3S.C23H24O3S.C23H18O3S/c1-17(2)23(25)27-24(16-18-10-4-3-5-11-18)19-12-6-8-14-21(19)28(26)22-15-9-7-13-20(22)24;2*1-16(2)22(24)26-23(17-10-4-3-5-11-17)18-12-6-8-14-20(18)27(25)21-15-9-7-13-19(21)23/h3-15H,1,16H2,2H3;6-9,12-15,17H,1,3-5,10-11H2,2H3;3-15H,1H2,2H3. The lowest BCUT2D eigenvalue weighted by atomic mass is 9.69. The van der Waals surface area contributed by atoms with Gasteiger partial charge in [-0.25, -0.2) is 27.0 Å². The van der Waals surface area contributed by atoms with Gasteiger partial charge in [0, 0.05) is 68.0 Å². The van der Waals surface area contributed by atoms with Crippen LogP contribution in [0.4, 0.5) is 0 Å². The first kappa shape index (κ1) is 57.1. The van der Waals surface area contributed by atoms with Crippen molar-refractivity contribution >= 4 is 50.3 Å². The zero-order chi connectivity index (χ0) is 57.8. The van der Waals surface area contributed by atoms with Gasteiger partial charge in [0.25, 0.3) is 0 Å². The zero-order valence-corrected chi connectivity index (χ0v) is 48.4. The molecule has 12 heteroatoms. The van der Waals surface area contributed by atoms with Crippen LogP contribution in [0.15, 0.2) is 272 Å². The predicted octanol–water partition coefficient (Wildman–Crippen LogP) is 14.5. The highest BCUT2D eigenvalue weighted by Crippen LogP contribution is 2.54. The molecule has 4 aliphatic rings. The van der Waals surface area contributed by atoms with Gasteiger partial charge in [0.2, 0.25) is 0 Å². The molecule has 0 saturated heterocycles. The van der Waals surface area contributed by atoms with Gasteiger partial charge in [-0.05, 0) is 75.6 Å². The summed E-state index contributed by atoms with van der Waals surface area (Å²) in [6.07, 6.45) is 5.85. The fourth-order valence-electron chi connectivity index (χ4n) is 11.6. The fourth-order valence-corrected chi connectivity index (χ4v) is 16.1. The van der Waals surface area contributed by atoms with Gasteiger partial charge in [0.05, 0.1) is 61.8 Å². The summed E-state index contributed by atoms with van der Waals surface area (Å²) in [7, 11) is -3.96. The number of hydrogen-bond donors (Lipinski definition) is 0. The smallest absolute Gasteiger partial charge is 0.334 e. The van der Waals surface area contributed by atoms with Crippen LogP contribution in [-0.4, -0.2) is 30.5 Å². The second-order valence-electron chi connectivity index (χ2n) is 20.9. The molecule has 8 aromatic rings. The van der Waals surface area contributed by atoms with Crippen molar-refractivity contribution < 1.29 is 41.2 Å². The minimum Gasteiger partial charge on any atom is -0.445 e. The van der Waals surface area contributed by atoms with Crippen LogP contribution in [0.1, 0.15) is 97.4 Å². The van der Waals surface area contributed by atoms with Gasteiger partial charge in [-0.15, -0.1) is 0 Å². The number of ether oxygens (including phenoxy) is 3. The number of esters is 3. The van der Waals surface area contributed by atoms with Gasteiger partial charge in [0.15, 0.2) is 16.8 Å². The maximum Gasteiger partial charge on any atom is 0.334 e. The Morgan fingerprint density at radius 1 is 0.402 bits per heavy atom. The number of fused-ring (bicyclic) bond motifs is 6. The molecule has 0 aromatic heterocycles. The highest BCUT2D eigenvalue weighted by atomic mass is 32.2. The maximum absolute atomic E-state index is 13.3. The molecule has 0 N–H and O–H groups in total. The third-order valence-electron chi connectivity index (χ3n) is 15.4. The van der Waals surface area contributed by atoms with Crippen LogP contribution >= 0.6 is 0 Å². The summed E-state index contributed by atoms with van der Waals surface area (Å²) in [5.41, 5.74) is 4.35. The van der Waals surface area contributed by atoms with Crippen LogP contribution in [0.5, 0.6) is 0 Å². The molecule has 1 fully saturated rings. The number of carbonyl (C=O) groups is 3. The molecule has 0 atom stereocenters. The molecule has 0 amide bonds. The molecule has 0 unspecified atom stereocenters. The van der Waals surface area contributed by atoms with Gasteiger partial charge in [0.1, 0.15) is 0 Å². The Balaban J connectivity index is 0.000000138. The van der Waals surface area contributed by atoms with Crippen molar-refractivity contribution in [2.75, 3.05) is 0 Å². The Labute approximate surface area is 487 Å². The molecule has 1 saturated carbocycles. The van der Waals surface area contributed by atoms with Crippen molar-refractivity contribution in [2.45, 2.75) is 105 Å². The molecule has 3 heterocycles. The van der Waals surface area contributed by atoms with Crippen molar-refractivity contribution in [1.82, 2.24) is 0 Å². The monoisotopic (exact) mass is 1140 g/mol. The van der Waals surface area contributed by atoms with Gasteiger partial charge >= 0.3 is 17.9 Å². The van der Waals surface area contributed by atoms with E-state index >= 15 is 0 Å². The van der Waals surface area contributed by atoms with Crippen LogP contribution < -0.4 is 0 Å². The molecule has 0 radical (unpaired) electrons. The summed E-state index contributed by atoms with van der Waals surface area (Å²) < 4.78 is 58.3. The van der Waals surface area contributed by atoms with E-state index < -0.39 is 67.1 Å². The second-order valence-corrected chi connectivity index (χ2v) is 25.2. The Morgan fingerprint density at radius 3 is 1.13 bits per heavy atom. The van der Waals surface area contributed by atoms with E-state index in [1.807, 2.05) is 206 Å². The van der Waals surface area contributed by atoms with Crippen LogP contribution in [0.25, 0.3) is 0 Å². The number of carbonyl (C=O) groups excluding carboxylic acids is 3. The Morgan fingerprint density at radius 2 is 0.720 bits per heavy atom. The van der Waals surface area contributed by atoms with Gasteiger partial charge < -0.3 is 14.2 Å². The predicted molar refractivity (Wildman–Crippen MR) is 320 cm³/mol. The number of hydrogen-bond acceptors (Lipinski definition) is 9. The minimum absolute atomic E-state index is 0.161. The average Bonchev–Trinajstić information content (AvgIpc) is 2.33. The molecule has 0 spiro atoms. The summed E-state index contributed by atoms with van der Waals surface area (Å²) in [6.45, 7) is 16.2. The normalized spacial score (nSPS) is 21.6. The van der Waals surface area contributed by atoms with Crippen molar-refractivity contribution in [3.63, 3.8) is 0 Å². The lowest BCUT2D eigenvalue weighted by Crippen LogP contribution is -2.45. The summed E-state index contributed by atoms with van der Waals surface area (Å²) in [6, 6.07) is 64.7. The minimum atomic E-state index is -1.35. The van der Waals surface area contributed by atoms with E-state index in [2.05, 4.69) is 19.7 Å². The molecule has 0 bridgehead atoms. The van der Waals surface area contributed by atoms with Crippen LogP contribution in [0.3, 0.4) is 0 Å². The van der Waals surface area contributed by atoms with E-state index in [0.29, 0.717) is 53.8 Å². The van der Waals surface area contributed by atoms with E-state index in [1.54, 1.807) is 20.8 Å². The quantitative estimate of drug-likeness (QED) is 0.0746. The van der Waals surface area contributed by atoms with Gasteiger partial charge in [-0.2, -0.15) is 0 Å². The lowest BCUT2D eigenvalue weighted by molar-refractivity contribution is -0.159. The Bertz CT molecular complexity index is 3730. The van der Waals surface area contributed by atoms with Crippen molar-refractivity contribution in [3.05, 3.63) is 287 Å². The van der Waals surface area contributed by atoms with E-state index in [-0.39, 0.29) is 5.92 Å². The molecular formula is C70H62O9S3.